The van der Waals surface area contributed by atoms with Crippen LogP contribution >= 0.6 is 0 Å². The van der Waals surface area contributed by atoms with Gasteiger partial charge in [0.05, 0.1) is 11.9 Å². The fraction of sp³-hybridized carbons (Fsp3) is 0.636. The molecule has 1 aliphatic rings. The normalized spacial score (nSPS) is 30.5. The van der Waals surface area contributed by atoms with Crippen LogP contribution in [0.4, 0.5) is 0 Å². The Kier molecular flexibility index (Phi) is 2.07. The molecule has 2 rings (SSSR count). The molecular weight excluding hydrogens is 176 g/mol. The minimum absolute atomic E-state index is 0.215. The molecule has 14 heavy (non-hydrogen) atoms. The van der Waals surface area contributed by atoms with Crippen LogP contribution in [0, 0.1) is 5.41 Å². The molecule has 3 nitrogen and oxygen atoms in total. The van der Waals surface area contributed by atoms with Crippen molar-refractivity contribution in [2.45, 2.75) is 38.7 Å². The third-order valence-corrected chi connectivity index (χ3v) is 3.03. The van der Waals surface area contributed by atoms with Gasteiger partial charge in [-0.3, -0.25) is 9.97 Å². The number of hydrogen-bond acceptors (Lipinski definition) is 3. The first kappa shape index (κ1) is 9.59. The Bertz CT molecular complexity index is 323. The molecule has 1 aromatic rings. The molecule has 0 aliphatic heterocycles. The van der Waals surface area contributed by atoms with Crippen molar-refractivity contribution < 1.29 is 5.11 Å². The first-order valence-electron chi connectivity index (χ1n) is 5.01. The Balaban J connectivity index is 2.27. The Hall–Kier alpha value is -0.960. The maximum Gasteiger partial charge on any atom is 0.109 e. The minimum atomic E-state index is -0.752. The molecule has 0 radical (unpaired) electrons. The van der Waals surface area contributed by atoms with E-state index in [2.05, 4.69) is 23.8 Å². The molecule has 1 N–H and O–H groups in total. The smallest absolute Gasteiger partial charge is 0.109 e. The lowest BCUT2D eigenvalue weighted by molar-refractivity contribution is 0.0291. The Morgan fingerprint density at radius 1 is 1.29 bits per heavy atom. The summed E-state index contributed by atoms with van der Waals surface area (Å²) in [5.74, 6) is 0. The molecule has 1 unspecified atom stereocenters. The van der Waals surface area contributed by atoms with Crippen LogP contribution in [0.5, 0.6) is 0 Å². The van der Waals surface area contributed by atoms with E-state index in [0.717, 1.165) is 19.3 Å². The molecule has 1 aliphatic carbocycles. The summed E-state index contributed by atoms with van der Waals surface area (Å²) in [4.78, 5) is 8.19. The topological polar surface area (TPSA) is 46.0 Å². The van der Waals surface area contributed by atoms with E-state index in [9.17, 15) is 5.11 Å². The molecule has 1 heterocycles. The highest BCUT2D eigenvalue weighted by atomic mass is 16.3. The van der Waals surface area contributed by atoms with Gasteiger partial charge in [-0.1, -0.05) is 13.8 Å². The summed E-state index contributed by atoms with van der Waals surface area (Å²) in [6.45, 7) is 4.36. The Morgan fingerprint density at radius 3 is 2.57 bits per heavy atom. The number of aromatic nitrogens is 2. The van der Waals surface area contributed by atoms with E-state index in [1.54, 1.807) is 18.6 Å². The van der Waals surface area contributed by atoms with Gasteiger partial charge < -0.3 is 5.11 Å². The highest BCUT2D eigenvalue weighted by Gasteiger charge is 2.43. The van der Waals surface area contributed by atoms with Gasteiger partial charge in [0.2, 0.25) is 0 Å². The van der Waals surface area contributed by atoms with E-state index in [1.807, 2.05) is 0 Å². The molecule has 0 aromatic carbocycles. The molecule has 1 aromatic heterocycles. The Morgan fingerprint density at radius 2 is 2.07 bits per heavy atom. The Labute approximate surface area is 84.2 Å². The second-order valence-electron chi connectivity index (χ2n) is 4.96. The summed E-state index contributed by atoms with van der Waals surface area (Å²) in [5.41, 5.74) is 0.176. The van der Waals surface area contributed by atoms with Crippen LogP contribution in [0.2, 0.25) is 0 Å². The molecule has 1 fully saturated rings. The lowest BCUT2D eigenvalue weighted by atomic mass is 9.88. The van der Waals surface area contributed by atoms with E-state index in [4.69, 9.17) is 0 Å². The van der Waals surface area contributed by atoms with Crippen molar-refractivity contribution in [1.82, 2.24) is 9.97 Å². The van der Waals surface area contributed by atoms with Crippen molar-refractivity contribution in [2.24, 2.45) is 5.41 Å². The summed E-state index contributed by atoms with van der Waals surface area (Å²) < 4.78 is 0. The fourth-order valence-corrected chi connectivity index (χ4v) is 2.27. The lowest BCUT2D eigenvalue weighted by Crippen LogP contribution is -2.24. The molecule has 0 amide bonds. The molecule has 1 atom stereocenters. The number of nitrogens with zero attached hydrogens (tertiary/aromatic N) is 2. The van der Waals surface area contributed by atoms with Crippen LogP contribution in [-0.2, 0) is 5.60 Å². The van der Waals surface area contributed by atoms with Crippen molar-refractivity contribution in [3.63, 3.8) is 0 Å². The van der Waals surface area contributed by atoms with Crippen molar-refractivity contribution in [1.29, 1.82) is 0 Å². The summed E-state index contributed by atoms with van der Waals surface area (Å²) in [6.07, 6.45) is 7.55. The van der Waals surface area contributed by atoms with E-state index in [1.165, 1.54) is 0 Å². The van der Waals surface area contributed by atoms with Gasteiger partial charge in [0, 0.05) is 12.4 Å². The first-order chi connectivity index (χ1) is 6.52. The molecule has 3 heteroatoms. The van der Waals surface area contributed by atoms with Crippen LogP contribution < -0.4 is 0 Å². The van der Waals surface area contributed by atoms with Gasteiger partial charge in [-0.2, -0.15) is 0 Å². The van der Waals surface area contributed by atoms with Crippen molar-refractivity contribution >= 4 is 0 Å². The third-order valence-electron chi connectivity index (χ3n) is 3.03. The number of aliphatic hydroxyl groups is 1. The van der Waals surface area contributed by atoms with Crippen LogP contribution in [0.3, 0.4) is 0 Å². The highest BCUT2D eigenvalue weighted by Crippen LogP contribution is 2.47. The third kappa shape index (κ3) is 1.64. The first-order valence-corrected chi connectivity index (χ1v) is 5.01. The maximum atomic E-state index is 10.4. The van der Waals surface area contributed by atoms with Gasteiger partial charge in [-0.05, 0) is 24.7 Å². The quantitative estimate of drug-likeness (QED) is 0.739. The summed E-state index contributed by atoms with van der Waals surface area (Å²) in [6, 6.07) is 0. The predicted molar refractivity (Wildman–Crippen MR) is 53.6 cm³/mol. The molecule has 76 valence electrons. The molecular formula is C11H16N2O. The molecule has 0 spiro atoms. The zero-order chi connectivity index (χ0) is 10.2. The monoisotopic (exact) mass is 192 g/mol. The van der Waals surface area contributed by atoms with Gasteiger partial charge in [-0.15, -0.1) is 0 Å². The summed E-state index contributed by atoms with van der Waals surface area (Å²) in [7, 11) is 0. The fourth-order valence-electron chi connectivity index (χ4n) is 2.27. The van der Waals surface area contributed by atoms with E-state index < -0.39 is 5.60 Å². The largest absolute Gasteiger partial charge is 0.383 e. The van der Waals surface area contributed by atoms with Gasteiger partial charge in [-0.25, -0.2) is 0 Å². The average Bonchev–Trinajstić information content (AvgIpc) is 2.44. The van der Waals surface area contributed by atoms with Crippen LogP contribution in [0.15, 0.2) is 18.6 Å². The molecule has 0 saturated heterocycles. The van der Waals surface area contributed by atoms with Crippen molar-refractivity contribution in [3.05, 3.63) is 24.3 Å². The summed E-state index contributed by atoms with van der Waals surface area (Å²) in [5, 5.41) is 10.4. The standard InChI is InChI=1S/C11H16N2O/c1-10(2)3-4-11(14,8-10)9-7-12-5-6-13-9/h5-7,14H,3-4,8H2,1-2H3. The van der Waals surface area contributed by atoms with Gasteiger partial charge in [0.1, 0.15) is 5.60 Å². The van der Waals surface area contributed by atoms with Crippen LogP contribution in [0.1, 0.15) is 38.8 Å². The van der Waals surface area contributed by atoms with Crippen LogP contribution in [0.25, 0.3) is 0 Å². The zero-order valence-electron chi connectivity index (χ0n) is 8.70. The lowest BCUT2D eigenvalue weighted by Gasteiger charge is -2.24. The molecule has 0 bridgehead atoms. The van der Waals surface area contributed by atoms with E-state index in [-0.39, 0.29) is 5.41 Å². The number of hydrogen-bond donors (Lipinski definition) is 1. The SMILES string of the molecule is CC1(C)CCC(O)(c2cnccn2)C1. The second-order valence-corrected chi connectivity index (χ2v) is 4.96. The van der Waals surface area contributed by atoms with E-state index >= 15 is 0 Å². The van der Waals surface area contributed by atoms with Gasteiger partial charge in [0.25, 0.3) is 0 Å². The molecule has 1 saturated carbocycles. The predicted octanol–water partition coefficient (Wildman–Crippen LogP) is 1.87. The average molecular weight is 192 g/mol. The van der Waals surface area contributed by atoms with E-state index in [0.29, 0.717) is 5.69 Å². The van der Waals surface area contributed by atoms with Gasteiger partial charge >= 0.3 is 0 Å². The minimum Gasteiger partial charge on any atom is -0.383 e. The maximum absolute atomic E-state index is 10.4. The van der Waals surface area contributed by atoms with Crippen LogP contribution in [-0.4, -0.2) is 15.1 Å². The van der Waals surface area contributed by atoms with Crippen molar-refractivity contribution in [3.8, 4) is 0 Å². The van der Waals surface area contributed by atoms with Crippen molar-refractivity contribution in [2.75, 3.05) is 0 Å². The summed E-state index contributed by atoms with van der Waals surface area (Å²) >= 11 is 0. The van der Waals surface area contributed by atoms with Gasteiger partial charge in [0.15, 0.2) is 0 Å². The zero-order valence-corrected chi connectivity index (χ0v) is 8.70. The highest BCUT2D eigenvalue weighted by molar-refractivity contribution is 5.12. The second kappa shape index (κ2) is 3.02. The number of rotatable bonds is 1.